The number of halogens is 1. The summed E-state index contributed by atoms with van der Waals surface area (Å²) in [5.74, 6) is 0.181. The fourth-order valence-corrected chi connectivity index (χ4v) is 5.62. The number of aromatic nitrogens is 3. The van der Waals surface area contributed by atoms with Gasteiger partial charge < -0.3 is 10.2 Å². The largest absolute Gasteiger partial charge is 0.350 e. The molecule has 9 heteroatoms. The quantitative estimate of drug-likeness (QED) is 0.644. The van der Waals surface area contributed by atoms with Crippen LogP contribution in [0.25, 0.3) is 10.4 Å². The Hall–Kier alpha value is -3.07. The molecule has 1 saturated heterocycles. The molecule has 1 aromatic carbocycles. The summed E-state index contributed by atoms with van der Waals surface area (Å²) in [6, 6.07) is 6.17. The number of piperidine rings is 1. The molecule has 2 aromatic heterocycles. The normalized spacial score (nSPS) is 21.5. The Bertz CT molecular complexity index is 1220. The van der Waals surface area contributed by atoms with Crippen molar-refractivity contribution in [3.63, 3.8) is 0 Å². The molecule has 2 amide bonds. The molecule has 1 saturated carbocycles. The van der Waals surface area contributed by atoms with E-state index in [1.807, 2.05) is 11.8 Å². The SMILES string of the molecule is Cc1nc(C(=O)N2C[C@H]3C[C@H]3[C@H]2CNC(=O)c2cn(C)nc2C)c(-c2cccc(F)c2)s1. The van der Waals surface area contributed by atoms with E-state index in [-0.39, 0.29) is 23.7 Å². The summed E-state index contributed by atoms with van der Waals surface area (Å²) in [6.45, 7) is 4.70. The number of hydrogen-bond donors (Lipinski definition) is 1. The molecule has 1 aliphatic heterocycles. The third-order valence-corrected chi connectivity index (χ3v) is 7.34. The van der Waals surface area contributed by atoms with Crippen LogP contribution >= 0.6 is 11.3 Å². The summed E-state index contributed by atoms with van der Waals surface area (Å²) >= 11 is 1.39. The molecule has 3 atom stereocenters. The predicted octanol–water partition coefficient (Wildman–Crippen LogP) is 3.19. The van der Waals surface area contributed by atoms with Gasteiger partial charge in [-0.2, -0.15) is 5.10 Å². The third kappa shape index (κ3) is 3.70. The van der Waals surface area contributed by atoms with E-state index in [1.165, 1.54) is 23.5 Å². The lowest BCUT2D eigenvalue weighted by molar-refractivity contribution is 0.0690. The van der Waals surface area contributed by atoms with Crippen molar-refractivity contribution in [1.29, 1.82) is 0 Å². The van der Waals surface area contributed by atoms with E-state index in [1.54, 1.807) is 37.0 Å². The average molecular weight is 454 g/mol. The Balaban J connectivity index is 1.36. The van der Waals surface area contributed by atoms with Crippen LogP contribution in [0.4, 0.5) is 4.39 Å². The van der Waals surface area contributed by atoms with Gasteiger partial charge in [-0.15, -0.1) is 11.3 Å². The van der Waals surface area contributed by atoms with E-state index in [2.05, 4.69) is 15.4 Å². The van der Waals surface area contributed by atoms with Crippen molar-refractivity contribution in [3.8, 4) is 10.4 Å². The van der Waals surface area contributed by atoms with Crippen LogP contribution in [0.3, 0.4) is 0 Å². The Labute approximate surface area is 189 Å². The molecule has 32 heavy (non-hydrogen) atoms. The first kappa shape index (κ1) is 20.8. The summed E-state index contributed by atoms with van der Waals surface area (Å²) in [5.41, 5.74) is 2.23. The lowest BCUT2D eigenvalue weighted by Crippen LogP contribution is -2.45. The van der Waals surface area contributed by atoms with Gasteiger partial charge in [0.1, 0.15) is 11.5 Å². The number of nitrogens with one attached hydrogen (secondary N) is 1. The number of amides is 2. The van der Waals surface area contributed by atoms with E-state index >= 15 is 0 Å². The van der Waals surface area contributed by atoms with Gasteiger partial charge in [-0.1, -0.05) is 12.1 Å². The molecular formula is C23H24FN5O2S. The van der Waals surface area contributed by atoms with Gasteiger partial charge in [0.05, 0.1) is 27.2 Å². The number of thiazole rings is 1. The van der Waals surface area contributed by atoms with Crippen LogP contribution in [0.1, 0.15) is 38.0 Å². The highest BCUT2D eigenvalue weighted by Crippen LogP contribution is 2.50. The van der Waals surface area contributed by atoms with Crippen molar-refractivity contribution < 1.29 is 14.0 Å². The Morgan fingerprint density at radius 1 is 1.31 bits per heavy atom. The molecule has 1 aliphatic carbocycles. The minimum Gasteiger partial charge on any atom is -0.350 e. The second-order valence-electron chi connectivity index (χ2n) is 8.62. The van der Waals surface area contributed by atoms with Gasteiger partial charge in [-0.05, 0) is 49.8 Å². The topological polar surface area (TPSA) is 80.1 Å². The van der Waals surface area contributed by atoms with E-state index in [0.29, 0.717) is 52.3 Å². The molecule has 0 spiro atoms. The molecular weight excluding hydrogens is 429 g/mol. The summed E-state index contributed by atoms with van der Waals surface area (Å²) in [6.07, 6.45) is 2.77. The summed E-state index contributed by atoms with van der Waals surface area (Å²) in [7, 11) is 1.78. The van der Waals surface area contributed by atoms with Gasteiger partial charge >= 0.3 is 0 Å². The lowest BCUT2D eigenvalue weighted by Gasteiger charge is -2.27. The molecule has 2 aliphatic rings. The number of carbonyl (C=O) groups is 2. The first-order valence-corrected chi connectivity index (χ1v) is 11.5. The predicted molar refractivity (Wildman–Crippen MR) is 119 cm³/mol. The number of rotatable bonds is 5. The first-order valence-electron chi connectivity index (χ1n) is 10.6. The molecule has 3 heterocycles. The molecule has 5 rings (SSSR count). The Kier molecular flexibility index (Phi) is 5.08. The van der Waals surface area contributed by atoms with Crippen molar-refractivity contribution in [3.05, 3.63) is 58.2 Å². The number of nitrogens with zero attached hydrogens (tertiary/aromatic N) is 4. The van der Waals surface area contributed by atoms with Crippen molar-refractivity contribution in [2.24, 2.45) is 18.9 Å². The third-order valence-electron chi connectivity index (χ3n) is 6.32. The number of likely N-dealkylation sites (tertiary alicyclic amines) is 1. The fourth-order valence-electron chi connectivity index (χ4n) is 4.71. The van der Waals surface area contributed by atoms with Gasteiger partial charge in [0, 0.05) is 26.3 Å². The van der Waals surface area contributed by atoms with Crippen molar-refractivity contribution in [2.75, 3.05) is 13.1 Å². The number of benzene rings is 1. The van der Waals surface area contributed by atoms with Crippen molar-refractivity contribution in [2.45, 2.75) is 26.3 Å². The molecule has 0 radical (unpaired) electrons. The van der Waals surface area contributed by atoms with Gasteiger partial charge in [0.2, 0.25) is 0 Å². The van der Waals surface area contributed by atoms with E-state index in [0.717, 1.165) is 11.4 Å². The molecule has 3 aromatic rings. The molecule has 1 N–H and O–H groups in total. The van der Waals surface area contributed by atoms with Crippen LogP contribution in [0.2, 0.25) is 0 Å². The minimum atomic E-state index is -0.347. The van der Waals surface area contributed by atoms with Crippen molar-refractivity contribution in [1.82, 2.24) is 25.0 Å². The number of aryl methyl sites for hydroxylation is 3. The van der Waals surface area contributed by atoms with Crippen LogP contribution in [0, 0.1) is 31.5 Å². The maximum atomic E-state index is 13.8. The van der Waals surface area contributed by atoms with Gasteiger partial charge in [-0.3, -0.25) is 14.3 Å². The molecule has 0 unspecified atom stereocenters. The van der Waals surface area contributed by atoms with E-state index < -0.39 is 0 Å². The van der Waals surface area contributed by atoms with Gasteiger partial charge in [-0.25, -0.2) is 9.37 Å². The number of hydrogen-bond acceptors (Lipinski definition) is 5. The Morgan fingerprint density at radius 3 is 2.84 bits per heavy atom. The monoisotopic (exact) mass is 453 g/mol. The van der Waals surface area contributed by atoms with E-state index in [9.17, 15) is 14.0 Å². The van der Waals surface area contributed by atoms with Crippen LogP contribution in [0.15, 0.2) is 30.5 Å². The minimum absolute atomic E-state index is 0.0733. The molecule has 0 bridgehead atoms. The average Bonchev–Trinajstić information content (AvgIpc) is 3.07. The van der Waals surface area contributed by atoms with Gasteiger partial charge in [0.25, 0.3) is 11.8 Å². The zero-order valence-corrected chi connectivity index (χ0v) is 18.9. The summed E-state index contributed by atoms with van der Waals surface area (Å²) in [5, 5.41) is 7.97. The summed E-state index contributed by atoms with van der Waals surface area (Å²) in [4.78, 5) is 33.2. The Morgan fingerprint density at radius 2 is 2.12 bits per heavy atom. The van der Waals surface area contributed by atoms with Crippen LogP contribution in [0.5, 0.6) is 0 Å². The maximum absolute atomic E-state index is 13.8. The number of carbonyl (C=O) groups excluding carboxylic acids is 2. The standard InChI is InChI=1S/C23H24FN5O2S/c1-12-18(11-28(3)27-12)22(30)25-9-19-17-8-15(17)10-29(19)23(31)20-21(32-13(2)26-20)14-5-4-6-16(24)7-14/h4-7,11,15,17,19H,8-10H2,1-3H3,(H,25,30)/t15-,17-,19-/m1/s1. The fraction of sp³-hybridized carbons (Fsp3) is 0.391. The van der Waals surface area contributed by atoms with Crippen LogP contribution in [-0.2, 0) is 7.05 Å². The zero-order chi connectivity index (χ0) is 22.6. The highest BCUT2D eigenvalue weighted by molar-refractivity contribution is 7.15. The highest BCUT2D eigenvalue weighted by atomic mass is 32.1. The summed E-state index contributed by atoms with van der Waals surface area (Å²) < 4.78 is 15.4. The smallest absolute Gasteiger partial charge is 0.274 e. The van der Waals surface area contributed by atoms with Crippen LogP contribution < -0.4 is 5.32 Å². The second-order valence-corrected chi connectivity index (χ2v) is 9.82. The van der Waals surface area contributed by atoms with Crippen molar-refractivity contribution >= 4 is 23.2 Å². The molecule has 2 fully saturated rings. The van der Waals surface area contributed by atoms with Crippen LogP contribution in [-0.4, -0.2) is 50.6 Å². The zero-order valence-electron chi connectivity index (χ0n) is 18.1. The highest BCUT2D eigenvalue weighted by Gasteiger charge is 2.54. The van der Waals surface area contributed by atoms with E-state index in [4.69, 9.17) is 0 Å². The lowest BCUT2D eigenvalue weighted by atomic mass is 10.1. The first-order chi connectivity index (χ1) is 15.3. The van der Waals surface area contributed by atoms with Gasteiger partial charge in [0.15, 0.2) is 0 Å². The number of fused-ring (bicyclic) bond motifs is 1. The second kappa shape index (κ2) is 7.81. The molecule has 7 nitrogen and oxygen atoms in total. The maximum Gasteiger partial charge on any atom is 0.274 e. The molecule has 166 valence electrons.